The molecule has 0 spiro atoms. The molecule has 19 heavy (non-hydrogen) atoms. The number of nitro benzene ring substituents is 1. The molecule has 0 aromatic heterocycles. The molecule has 1 atom stereocenters. The number of nitro groups is 1. The third-order valence-corrected chi connectivity index (χ3v) is 3.90. The van der Waals surface area contributed by atoms with Crippen molar-refractivity contribution in [1.29, 1.82) is 0 Å². The number of nitrogens with zero attached hydrogens (tertiary/aromatic N) is 2. The zero-order valence-corrected chi connectivity index (χ0v) is 12.2. The number of hydrogen-bond donors (Lipinski definition) is 2. The fourth-order valence-electron chi connectivity index (χ4n) is 2.09. The minimum absolute atomic E-state index is 0.0649. The van der Waals surface area contributed by atoms with E-state index in [9.17, 15) is 14.9 Å². The maximum absolute atomic E-state index is 11.4. The second-order valence-electron chi connectivity index (χ2n) is 4.21. The highest BCUT2D eigenvalue weighted by Crippen LogP contribution is 2.27. The fourth-order valence-corrected chi connectivity index (χ4v) is 2.79. The van der Waals surface area contributed by atoms with Crippen molar-refractivity contribution in [2.75, 3.05) is 24.5 Å². The highest BCUT2D eigenvalue weighted by molar-refractivity contribution is 14.1. The number of piperazine rings is 1. The van der Waals surface area contributed by atoms with Crippen LogP contribution in [0.3, 0.4) is 0 Å². The Labute approximate surface area is 123 Å². The van der Waals surface area contributed by atoms with E-state index in [-0.39, 0.29) is 5.69 Å². The van der Waals surface area contributed by atoms with E-state index in [1.807, 2.05) is 27.5 Å². The van der Waals surface area contributed by atoms with Crippen LogP contribution in [0.2, 0.25) is 0 Å². The molecule has 1 saturated heterocycles. The van der Waals surface area contributed by atoms with E-state index in [2.05, 4.69) is 5.32 Å². The molecule has 1 amide bonds. The lowest BCUT2D eigenvalue weighted by Crippen LogP contribution is -2.57. The summed E-state index contributed by atoms with van der Waals surface area (Å²) in [6.45, 7) is 1.88. The van der Waals surface area contributed by atoms with E-state index in [0.717, 1.165) is 12.2 Å². The first-order chi connectivity index (χ1) is 9.00. The molecule has 8 heteroatoms. The lowest BCUT2D eigenvalue weighted by atomic mass is 10.1. The molecule has 1 fully saturated rings. The molecule has 0 saturated carbocycles. The van der Waals surface area contributed by atoms with Crippen LogP contribution < -0.4 is 16.0 Å². The van der Waals surface area contributed by atoms with E-state index in [0.29, 0.717) is 16.7 Å². The number of hydrogen-bond acceptors (Lipinski definition) is 5. The number of halogens is 1. The van der Waals surface area contributed by atoms with Crippen molar-refractivity contribution in [3.63, 3.8) is 0 Å². The topological polar surface area (TPSA) is 102 Å². The van der Waals surface area contributed by atoms with Crippen molar-refractivity contribution in [2.24, 2.45) is 5.73 Å². The predicted molar refractivity (Wildman–Crippen MR) is 79.0 cm³/mol. The molecule has 1 unspecified atom stereocenters. The number of nitrogens with one attached hydrogen (secondary N) is 1. The minimum Gasteiger partial charge on any atom is -0.368 e. The summed E-state index contributed by atoms with van der Waals surface area (Å²) < 4.78 is 0.543. The standard InChI is InChI=1S/C11H13IN4O3/c12-8-5-7(1-2-9(8)16(18)19)15-4-3-14-6-10(15)11(13)17/h1-2,5,10,14H,3-4,6H2,(H2,13,17). The zero-order chi connectivity index (χ0) is 14.0. The molecule has 2 rings (SSSR count). The molecular formula is C11H13IN4O3. The number of amides is 1. The Morgan fingerprint density at radius 3 is 2.89 bits per heavy atom. The van der Waals surface area contributed by atoms with Crippen LogP contribution in [-0.2, 0) is 4.79 Å². The molecule has 102 valence electrons. The predicted octanol–water partition coefficient (Wildman–Crippen LogP) is 0.463. The molecular weight excluding hydrogens is 363 g/mol. The number of carbonyl (C=O) groups excluding carboxylic acids is 1. The van der Waals surface area contributed by atoms with E-state index in [1.54, 1.807) is 12.1 Å². The zero-order valence-electron chi connectivity index (χ0n) is 10.0. The van der Waals surface area contributed by atoms with Gasteiger partial charge in [-0.25, -0.2) is 0 Å². The SMILES string of the molecule is NC(=O)C1CNCCN1c1ccc([N+](=O)[O-])c(I)c1. The van der Waals surface area contributed by atoms with Crippen LogP contribution in [0.5, 0.6) is 0 Å². The highest BCUT2D eigenvalue weighted by atomic mass is 127. The second kappa shape index (κ2) is 5.70. The Balaban J connectivity index is 2.32. The van der Waals surface area contributed by atoms with Gasteiger partial charge in [0, 0.05) is 31.4 Å². The van der Waals surface area contributed by atoms with Gasteiger partial charge in [-0.3, -0.25) is 14.9 Å². The van der Waals surface area contributed by atoms with E-state index >= 15 is 0 Å². The number of rotatable bonds is 3. The highest BCUT2D eigenvalue weighted by Gasteiger charge is 2.27. The van der Waals surface area contributed by atoms with E-state index < -0.39 is 16.9 Å². The van der Waals surface area contributed by atoms with Gasteiger partial charge in [0.1, 0.15) is 6.04 Å². The van der Waals surface area contributed by atoms with Crippen LogP contribution in [0.1, 0.15) is 0 Å². The molecule has 3 N–H and O–H groups in total. The van der Waals surface area contributed by atoms with Crippen molar-refractivity contribution >= 4 is 39.9 Å². The second-order valence-corrected chi connectivity index (χ2v) is 5.37. The number of anilines is 1. The average Bonchev–Trinajstić information content (AvgIpc) is 2.38. The van der Waals surface area contributed by atoms with Crippen LogP contribution in [0, 0.1) is 13.7 Å². The van der Waals surface area contributed by atoms with Gasteiger partial charge in [-0.15, -0.1) is 0 Å². The van der Waals surface area contributed by atoms with Crippen molar-refractivity contribution in [1.82, 2.24) is 5.32 Å². The van der Waals surface area contributed by atoms with Crippen molar-refractivity contribution in [3.8, 4) is 0 Å². The smallest absolute Gasteiger partial charge is 0.282 e. The number of primary amides is 1. The molecule has 1 heterocycles. The van der Waals surface area contributed by atoms with E-state index in [4.69, 9.17) is 5.73 Å². The van der Waals surface area contributed by atoms with Gasteiger partial charge in [0.05, 0.1) is 8.49 Å². The van der Waals surface area contributed by atoms with Gasteiger partial charge in [-0.2, -0.15) is 0 Å². The Bertz CT molecular complexity index is 523. The van der Waals surface area contributed by atoms with Gasteiger partial charge in [0.15, 0.2) is 0 Å². The quantitative estimate of drug-likeness (QED) is 0.454. The first kappa shape index (κ1) is 14.0. The Morgan fingerprint density at radius 2 is 2.32 bits per heavy atom. The Kier molecular flexibility index (Phi) is 4.20. The van der Waals surface area contributed by atoms with Crippen LogP contribution in [0.4, 0.5) is 11.4 Å². The Morgan fingerprint density at radius 1 is 1.58 bits per heavy atom. The summed E-state index contributed by atoms with van der Waals surface area (Å²) >= 11 is 1.92. The summed E-state index contributed by atoms with van der Waals surface area (Å²) in [7, 11) is 0. The number of carbonyl (C=O) groups is 1. The molecule has 1 aromatic rings. The Hall–Kier alpha value is -1.42. The van der Waals surface area contributed by atoms with Gasteiger partial charge in [0.25, 0.3) is 5.69 Å². The van der Waals surface area contributed by atoms with Crippen LogP contribution in [0.25, 0.3) is 0 Å². The van der Waals surface area contributed by atoms with Gasteiger partial charge >= 0.3 is 0 Å². The van der Waals surface area contributed by atoms with Crippen LogP contribution >= 0.6 is 22.6 Å². The summed E-state index contributed by atoms with van der Waals surface area (Å²) in [4.78, 5) is 23.7. The fraction of sp³-hybridized carbons (Fsp3) is 0.364. The number of benzene rings is 1. The monoisotopic (exact) mass is 376 g/mol. The van der Waals surface area contributed by atoms with Crippen molar-refractivity contribution in [3.05, 3.63) is 31.9 Å². The molecule has 1 aliphatic heterocycles. The van der Waals surface area contributed by atoms with Gasteiger partial charge in [-0.1, -0.05) is 0 Å². The van der Waals surface area contributed by atoms with Gasteiger partial charge < -0.3 is 16.0 Å². The lowest BCUT2D eigenvalue weighted by molar-refractivity contribution is -0.385. The maximum Gasteiger partial charge on any atom is 0.282 e. The maximum atomic E-state index is 11.4. The molecule has 0 bridgehead atoms. The number of nitrogens with two attached hydrogens (primary N) is 1. The minimum atomic E-state index is -0.425. The summed E-state index contributed by atoms with van der Waals surface area (Å²) in [5, 5.41) is 13.9. The van der Waals surface area contributed by atoms with Crippen molar-refractivity contribution < 1.29 is 9.72 Å². The van der Waals surface area contributed by atoms with Crippen molar-refractivity contribution in [2.45, 2.75) is 6.04 Å². The average molecular weight is 376 g/mol. The third-order valence-electron chi connectivity index (χ3n) is 3.03. The van der Waals surface area contributed by atoms with Gasteiger partial charge in [-0.05, 0) is 34.7 Å². The summed E-state index contributed by atoms with van der Waals surface area (Å²) in [5.41, 5.74) is 6.22. The normalized spacial score (nSPS) is 19.2. The summed E-state index contributed by atoms with van der Waals surface area (Å²) in [6, 6.07) is 4.39. The molecule has 0 aliphatic carbocycles. The summed E-state index contributed by atoms with van der Waals surface area (Å²) in [5.74, 6) is -0.402. The molecule has 7 nitrogen and oxygen atoms in total. The summed E-state index contributed by atoms with van der Waals surface area (Å²) in [6.07, 6.45) is 0. The first-order valence-corrected chi connectivity index (χ1v) is 6.79. The molecule has 1 aromatic carbocycles. The largest absolute Gasteiger partial charge is 0.368 e. The lowest BCUT2D eigenvalue weighted by Gasteiger charge is -2.36. The van der Waals surface area contributed by atoms with E-state index in [1.165, 1.54) is 6.07 Å². The van der Waals surface area contributed by atoms with Gasteiger partial charge in [0.2, 0.25) is 5.91 Å². The van der Waals surface area contributed by atoms with Crippen LogP contribution in [-0.4, -0.2) is 36.5 Å². The first-order valence-electron chi connectivity index (χ1n) is 5.71. The molecule has 0 radical (unpaired) electrons. The molecule has 1 aliphatic rings. The third kappa shape index (κ3) is 2.95. The van der Waals surface area contributed by atoms with Crippen LogP contribution in [0.15, 0.2) is 18.2 Å².